The van der Waals surface area contributed by atoms with E-state index in [1.54, 1.807) is 12.1 Å². The lowest BCUT2D eigenvalue weighted by Crippen LogP contribution is -2.14. The first-order valence-electron chi connectivity index (χ1n) is 5.76. The zero-order valence-corrected chi connectivity index (χ0v) is 11.4. The zero-order chi connectivity index (χ0) is 14.8. The highest BCUT2D eigenvalue weighted by Gasteiger charge is 2.16. The number of halogens is 1. The lowest BCUT2D eigenvalue weighted by atomic mass is 10.2. The van der Waals surface area contributed by atoms with Crippen LogP contribution in [0.5, 0.6) is 0 Å². The molecule has 0 fully saturated rings. The van der Waals surface area contributed by atoms with Gasteiger partial charge in [0.25, 0.3) is 10.0 Å². The minimum absolute atomic E-state index is 0.0435. The molecular formula is C14H12FNO3S. The smallest absolute Gasteiger partial charge is 0.261 e. The van der Waals surface area contributed by atoms with Crippen LogP contribution in [0.3, 0.4) is 0 Å². The molecule has 0 bridgehead atoms. The van der Waals surface area contributed by atoms with E-state index in [2.05, 4.69) is 4.72 Å². The number of carbonyl (C=O) groups is 1. The van der Waals surface area contributed by atoms with Gasteiger partial charge in [-0.05, 0) is 37.3 Å². The van der Waals surface area contributed by atoms with Gasteiger partial charge in [0.1, 0.15) is 5.82 Å². The van der Waals surface area contributed by atoms with Crippen LogP contribution in [0.1, 0.15) is 15.9 Å². The molecule has 2 rings (SSSR count). The molecule has 0 spiro atoms. The normalized spacial score (nSPS) is 11.1. The minimum Gasteiger partial charge on any atom is -0.298 e. The summed E-state index contributed by atoms with van der Waals surface area (Å²) in [5, 5.41) is 0. The minimum atomic E-state index is -3.81. The van der Waals surface area contributed by atoms with E-state index < -0.39 is 15.8 Å². The Morgan fingerprint density at radius 3 is 2.35 bits per heavy atom. The number of aldehydes is 1. The van der Waals surface area contributed by atoms with Gasteiger partial charge in [0, 0.05) is 5.56 Å². The number of anilines is 1. The fraction of sp³-hybridized carbons (Fsp3) is 0.0714. The summed E-state index contributed by atoms with van der Waals surface area (Å²) >= 11 is 0. The van der Waals surface area contributed by atoms with E-state index in [0.717, 1.165) is 17.7 Å². The molecule has 1 N–H and O–H groups in total. The standard InChI is InChI=1S/C14H12FNO3S/c1-10-2-5-13(6-3-10)20(18,19)16-14-7-4-12(15)8-11(14)9-17/h2-9,16H,1H3. The van der Waals surface area contributed by atoms with Gasteiger partial charge in [0.15, 0.2) is 6.29 Å². The zero-order valence-electron chi connectivity index (χ0n) is 10.6. The SMILES string of the molecule is Cc1ccc(S(=O)(=O)Nc2ccc(F)cc2C=O)cc1. The maximum Gasteiger partial charge on any atom is 0.261 e. The Kier molecular flexibility index (Phi) is 3.85. The molecule has 0 saturated heterocycles. The second-order valence-electron chi connectivity index (χ2n) is 4.27. The maximum absolute atomic E-state index is 13.0. The largest absolute Gasteiger partial charge is 0.298 e. The van der Waals surface area contributed by atoms with Crippen LogP contribution in [0.2, 0.25) is 0 Å². The van der Waals surface area contributed by atoms with Crippen molar-refractivity contribution in [3.05, 3.63) is 59.4 Å². The van der Waals surface area contributed by atoms with E-state index in [1.165, 1.54) is 18.2 Å². The highest BCUT2D eigenvalue weighted by atomic mass is 32.2. The van der Waals surface area contributed by atoms with Gasteiger partial charge in [0.05, 0.1) is 10.6 Å². The molecule has 4 nitrogen and oxygen atoms in total. The lowest BCUT2D eigenvalue weighted by molar-refractivity contribution is 0.112. The summed E-state index contributed by atoms with van der Waals surface area (Å²) in [4.78, 5) is 10.9. The average Bonchev–Trinajstić information content (AvgIpc) is 2.41. The summed E-state index contributed by atoms with van der Waals surface area (Å²) in [6, 6.07) is 9.52. The van der Waals surface area contributed by atoms with E-state index in [1.807, 2.05) is 6.92 Å². The van der Waals surface area contributed by atoms with Gasteiger partial charge in [-0.25, -0.2) is 12.8 Å². The fourth-order valence-corrected chi connectivity index (χ4v) is 2.73. The van der Waals surface area contributed by atoms with Gasteiger partial charge in [-0.15, -0.1) is 0 Å². The number of benzene rings is 2. The first-order chi connectivity index (χ1) is 9.42. The van der Waals surface area contributed by atoms with Crippen molar-refractivity contribution in [2.45, 2.75) is 11.8 Å². The first kappa shape index (κ1) is 14.2. The van der Waals surface area contributed by atoms with Gasteiger partial charge in [-0.1, -0.05) is 17.7 Å². The molecule has 0 aliphatic carbocycles. The van der Waals surface area contributed by atoms with Crippen LogP contribution in [0.4, 0.5) is 10.1 Å². The van der Waals surface area contributed by atoms with Gasteiger partial charge in [-0.3, -0.25) is 9.52 Å². The number of carbonyl (C=O) groups excluding carboxylic acids is 1. The topological polar surface area (TPSA) is 63.2 Å². The van der Waals surface area contributed by atoms with Crippen LogP contribution in [0.25, 0.3) is 0 Å². The fourth-order valence-electron chi connectivity index (χ4n) is 1.65. The molecule has 0 saturated carbocycles. The molecule has 0 aliphatic rings. The number of rotatable bonds is 4. The van der Waals surface area contributed by atoms with Gasteiger partial charge in [0.2, 0.25) is 0 Å². The summed E-state index contributed by atoms with van der Waals surface area (Å²) in [5.74, 6) is -0.606. The van der Waals surface area contributed by atoms with Crippen molar-refractivity contribution >= 4 is 22.0 Å². The van der Waals surface area contributed by atoms with Crippen LogP contribution >= 0.6 is 0 Å². The van der Waals surface area contributed by atoms with Crippen molar-refractivity contribution < 1.29 is 17.6 Å². The van der Waals surface area contributed by atoms with Crippen molar-refractivity contribution in [1.82, 2.24) is 0 Å². The van der Waals surface area contributed by atoms with E-state index in [4.69, 9.17) is 0 Å². The highest BCUT2D eigenvalue weighted by Crippen LogP contribution is 2.20. The van der Waals surface area contributed by atoms with Gasteiger partial charge < -0.3 is 0 Å². The van der Waals surface area contributed by atoms with Crippen molar-refractivity contribution in [3.8, 4) is 0 Å². The predicted molar refractivity (Wildman–Crippen MR) is 73.8 cm³/mol. The van der Waals surface area contributed by atoms with Crippen molar-refractivity contribution in [2.75, 3.05) is 4.72 Å². The van der Waals surface area contributed by atoms with Crippen LogP contribution in [0, 0.1) is 12.7 Å². The third-order valence-electron chi connectivity index (χ3n) is 2.72. The number of sulfonamides is 1. The Labute approximate surface area is 116 Å². The second kappa shape index (κ2) is 5.42. The second-order valence-corrected chi connectivity index (χ2v) is 5.95. The van der Waals surface area contributed by atoms with Crippen LogP contribution in [-0.2, 0) is 10.0 Å². The molecule has 20 heavy (non-hydrogen) atoms. The van der Waals surface area contributed by atoms with E-state index >= 15 is 0 Å². The Bertz CT molecular complexity index is 740. The number of hydrogen-bond acceptors (Lipinski definition) is 3. The van der Waals surface area contributed by atoms with Crippen LogP contribution in [-0.4, -0.2) is 14.7 Å². The lowest BCUT2D eigenvalue weighted by Gasteiger charge is -2.10. The summed E-state index contributed by atoms with van der Waals surface area (Å²) < 4.78 is 39.6. The summed E-state index contributed by atoms with van der Waals surface area (Å²) in [6.45, 7) is 1.84. The van der Waals surface area contributed by atoms with Gasteiger partial charge >= 0.3 is 0 Å². The molecule has 0 radical (unpaired) electrons. The summed E-state index contributed by atoms with van der Waals surface area (Å²) in [7, 11) is -3.81. The van der Waals surface area contributed by atoms with E-state index in [9.17, 15) is 17.6 Å². The van der Waals surface area contributed by atoms with Crippen molar-refractivity contribution in [1.29, 1.82) is 0 Å². The van der Waals surface area contributed by atoms with Gasteiger partial charge in [-0.2, -0.15) is 0 Å². The number of nitrogens with one attached hydrogen (secondary N) is 1. The molecule has 0 aromatic heterocycles. The summed E-state index contributed by atoms with van der Waals surface area (Å²) in [6.07, 6.45) is 0.399. The highest BCUT2D eigenvalue weighted by molar-refractivity contribution is 7.92. The van der Waals surface area contributed by atoms with Crippen LogP contribution < -0.4 is 4.72 Å². The summed E-state index contributed by atoms with van der Waals surface area (Å²) in [5.41, 5.74) is 0.918. The number of aryl methyl sites for hydroxylation is 1. The Morgan fingerprint density at radius 1 is 1.10 bits per heavy atom. The van der Waals surface area contributed by atoms with E-state index in [-0.39, 0.29) is 16.1 Å². The third-order valence-corrected chi connectivity index (χ3v) is 4.10. The Morgan fingerprint density at radius 2 is 1.75 bits per heavy atom. The number of hydrogen-bond donors (Lipinski definition) is 1. The molecule has 2 aromatic carbocycles. The van der Waals surface area contributed by atoms with Crippen molar-refractivity contribution in [2.24, 2.45) is 0 Å². The maximum atomic E-state index is 13.0. The third kappa shape index (κ3) is 3.03. The molecule has 0 heterocycles. The molecule has 0 aliphatic heterocycles. The quantitative estimate of drug-likeness (QED) is 0.882. The molecule has 0 amide bonds. The molecule has 2 aromatic rings. The molecule has 0 unspecified atom stereocenters. The molecular weight excluding hydrogens is 281 g/mol. The van der Waals surface area contributed by atoms with Crippen molar-refractivity contribution in [3.63, 3.8) is 0 Å². The monoisotopic (exact) mass is 293 g/mol. The molecule has 0 atom stereocenters. The first-order valence-corrected chi connectivity index (χ1v) is 7.25. The Hall–Kier alpha value is -2.21. The van der Waals surface area contributed by atoms with E-state index in [0.29, 0.717) is 6.29 Å². The molecule has 104 valence electrons. The molecule has 6 heteroatoms. The van der Waals surface area contributed by atoms with Crippen LogP contribution in [0.15, 0.2) is 47.4 Å². The Balaban J connectivity index is 2.38. The average molecular weight is 293 g/mol. The predicted octanol–water partition coefficient (Wildman–Crippen LogP) is 2.75.